The molecule has 3 N–H and O–H groups in total. The Balaban J connectivity index is 2.27. The number of nitrogens with two attached hydrogens (primary N) is 1. The van der Waals surface area contributed by atoms with Gasteiger partial charge >= 0.3 is 0 Å². The summed E-state index contributed by atoms with van der Waals surface area (Å²) in [4.78, 5) is 4.19. The molecule has 84 valence electrons. The number of benzene rings is 1. The number of hydrogen-bond donors (Lipinski definition) is 2. The Bertz CT molecular complexity index is 368. The van der Waals surface area contributed by atoms with Crippen molar-refractivity contribution in [2.75, 3.05) is 23.4 Å². The first-order chi connectivity index (χ1) is 7.83. The molecule has 0 aliphatic rings. The number of anilines is 1. The molecule has 3 nitrogen and oxygen atoms in total. The molecule has 1 rings (SSSR count). The van der Waals surface area contributed by atoms with E-state index in [1.54, 1.807) is 11.8 Å². The summed E-state index contributed by atoms with van der Waals surface area (Å²) < 4.78 is 0. The molecule has 0 spiro atoms. The van der Waals surface area contributed by atoms with Crippen LogP contribution < -0.4 is 11.1 Å². The van der Waals surface area contributed by atoms with Gasteiger partial charge in [-0.2, -0.15) is 0 Å². The number of aliphatic imine (C=N–C) groups is 1. The Labute approximate surface area is 101 Å². The number of para-hydroxylation sites is 1. The van der Waals surface area contributed by atoms with Gasteiger partial charge in [0.2, 0.25) is 0 Å². The van der Waals surface area contributed by atoms with Crippen molar-refractivity contribution in [3.05, 3.63) is 30.3 Å². The normalized spacial score (nSPS) is 10.8. The van der Waals surface area contributed by atoms with Crippen molar-refractivity contribution >= 4 is 23.4 Å². The van der Waals surface area contributed by atoms with Gasteiger partial charge in [-0.25, -0.2) is 0 Å². The van der Waals surface area contributed by atoms with Gasteiger partial charge < -0.3 is 11.1 Å². The predicted octanol–water partition coefficient (Wildman–Crippen LogP) is 1.78. The second-order valence-electron chi connectivity index (χ2n) is 3.01. The number of hydrogen-bond acceptors (Lipinski definition) is 2. The quantitative estimate of drug-likeness (QED) is 0.353. The van der Waals surface area contributed by atoms with Gasteiger partial charge in [-0.05, 0) is 12.1 Å². The van der Waals surface area contributed by atoms with Gasteiger partial charge in [0.1, 0.15) is 0 Å². The first-order valence-corrected chi connectivity index (χ1v) is 6.11. The van der Waals surface area contributed by atoms with Crippen LogP contribution in [-0.4, -0.2) is 24.0 Å². The summed E-state index contributed by atoms with van der Waals surface area (Å²) in [5.74, 6) is 4.61. The molecule has 0 fully saturated rings. The first-order valence-electron chi connectivity index (χ1n) is 4.96. The highest BCUT2D eigenvalue weighted by Crippen LogP contribution is 2.04. The van der Waals surface area contributed by atoms with E-state index in [0.29, 0.717) is 12.5 Å². The standard InChI is InChI=1S/C12H15N3S/c1-2-9-16-10-8-14-12(13)15-11-6-4-3-5-7-11/h1,3-7H,8-10H2,(H3,13,14,15). The monoisotopic (exact) mass is 233 g/mol. The van der Waals surface area contributed by atoms with Crippen molar-refractivity contribution in [1.82, 2.24) is 0 Å². The molecule has 0 aromatic heterocycles. The fraction of sp³-hybridized carbons (Fsp3) is 0.250. The molecule has 0 heterocycles. The maximum absolute atomic E-state index is 5.71. The van der Waals surface area contributed by atoms with Gasteiger partial charge in [-0.15, -0.1) is 18.2 Å². The van der Waals surface area contributed by atoms with E-state index in [4.69, 9.17) is 12.2 Å². The van der Waals surface area contributed by atoms with Crippen LogP contribution >= 0.6 is 11.8 Å². The lowest BCUT2D eigenvalue weighted by molar-refractivity contribution is 1.13. The van der Waals surface area contributed by atoms with Gasteiger partial charge in [0.15, 0.2) is 5.96 Å². The third-order valence-electron chi connectivity index (χ3n) is 1.75. The van der Waals surface area contributed by atoms with Crippen LogP contribution in [0.1, 0.15) is 0 Å². The van der Waals surface area contributed by atoms with Crippen LogP contribution in [0.2, 0.25) is 0 Å². The Morgan fingerprint density at radius 1 is 1.44 bits per heavy atom. The molecule has 1 aromatic rings. The molecular formula is C12H15N3S. The van der Waals surface area contributed by atoms with E-state index in [-0.39, 0.29) is 0 Å². The average molecular weight is 233 g/mol. The molecule has 16 heavy (non-hydrogen) atoms. The van der Waals surface area contributed by atoms with E-state index in [2.05, 4.69) is 16.2 Å². The van der Waals surface area contributed by atoms with Crippen LogP contribution in [0.15, 0.2) is 35.3 Å². The third kappa shape index (κ3) is 5.32. The number of nitrogens with one attached hydrogen (secondary N) is 1. The minimum atomic E-state index is 0.438. The number of terminal acetylenes is 1. The Morgan fingerprint density at radius 3 is 2.88 bits per heavy atom. The average Bonchev–Trinajstić information content (AvgIpc) is 2.30. The van der Waals surface area contributed by atoms with E-state index in [1.807, 2.05) is 30.3 Å². The molecule has 0 amide bonds. The van der Waals surface area contributed by atoms with Crippen molar-refractivity contribution in [3.63, 3.8) is 0 Å². The maximum Gasteiger partial charge on any atom is 0.193 e. The van der Waals surface area contributed by atoms with E-state index >= 15 is 0 Å². The highest BCUT2D eigenvalue weighted by Gasteiger charge is 1.92. The zero-order valence-electron chi connectivity index (χ0n) is 9.02. The zero-order valence-corrected chi connectivity index (χ0v) is 9.83. The SMILES string of the molecule is C#CCSCCN=C(N)Nc1ccccc1. The van der Waals surface area contributed by atoms with Crippen molar-refractivity contribution < 1.29 is 0 Å². The lowest BCUT2D eigenvalue weighted by Crippen LogP contribution is -2.23. The van der Waals surface area contributed by atoms with Crippen LogP contribution in [0.3, 0.4) is 0 Å². The molecule has 0 saturated heterocycles. The van der Waals surface area contributed by atoms with Gasteiger partial charge in [0.25, 0.3) is 0 Å². The molecule has 0 radical (unpaired) electrons. The second kappa shape index (κ2) is 7.66. The van der Waals surface area contributed by atoms with Crippen molar-refractivity contribution in [2.45, 2.75) is 0 Å². The van der Waals surface area contributed by atoms with Crippen molar-refractivity contribution in [1.29, 1.82) is 0 Å². The van der Waals surface area contributed by atoms with E-state index < -0.39 is 0 Å². The number of nitrogens with zero attached hydrogens (tertiary/aromatic N) is 1. The molecular weight excluding hydrogens is 218 g/mol. The van der Waals surface area contributed by atoms with E-state index in [1.165, 1.54) is 0 Å². The minimum absolute atomic E-state index is 0.438. The van der Waals surface area contributed by atoms with Gasteiger partial charge in [0.05, 0.1) is 12.3 Å². The summed E-state index contributed by atoms with van der Waals surface area (Å²) in [5.41, 5.74) is 6.65. The molecule has 4 heteroatoms. The van der Waals surface area contributed by atoms with E-state index in [0.717, 1.165) is 17.2 Å². The lowest BCUT2D eigenvalue weighted by Gasteiger charge is -2.04. The van der Waals surface area contributed by atoms with Crippen LogP contribution in [0.25, 0.3) is 0 Å². The Kier molecular flexibility index (Phi) is 5.97. The molecule has 1 aromatic carbocycles. The molecule has 0 atom stereocenters. The van der Waals surface area contributed by atoms with Crippen molar-refractivity contribution in [3.8, 4) is 12.3 Å². The fourth-order valence-electron chi connectivity index (χ4n) is 1.07. The largest absolute Gasteiger partial charge is 0.370 e. The Hall–Kier alpha value is -1.60. The molecule has 0 aliphatic heterocycles. The topological polar surface area (TPSA) is 50.4 Å². The Morgan fingerprint density at radius 2 is 2.19 bits per heavy atom. The van der Waals surface area contributed by atoms with Gasteiger partial charge in [0, 0.05) is 11.4 Å². The van der Waals surface area contributed by atoms with Crippen molar-refractivity contribution in [2.24, 2.45) is 10.7 Å². The predicted molar refractivity (Wildman–Crippen MR) is 72.7 cm³/mol. The molecule has 0 unspecified atom stereocenters. The summed E-state index contributed by atoms with van der Waals surface area (Å²) in [5, 5.41) is 3.01. The zero-order chi connectivity index (χ0) is 11.6. The molecule has 0 aliphatic carbocycles. The van der Waals surface area contributed by atoms with Gasteiger partial charge in [-0.1, -0.05) is 24.1 Å². The van der Waals surface area contributed by atoms with Crippen LogP contribution in [0, 0.1) is 12.3 Å². The van der Waals surface area contributed by atoms with Crippen LogP contribution in [0.4, 0.5) is 5.69 Å². The summed E-state index contributed by atoms with van der Waals surface area (Å²) in [6.45, 7) is 0.679. The second-order valence-corrected chi connectivity index (χ2v) is 4.12. The summed E-state index contributed by atoms with van der Waals surface area (Å²) in [6, 6.07) is 9.72. The minimum Gasteiger partial charge on any atom is -0.370 e. The third-order valence-corrected chi connectivity index (χ3v) is 2.59. The molecule has 0 saturated carbocycles. The summed E-state index contributed by atoms with van der Waals surface area (Å²) >= 11 is 1.68. The summed E-state index contributed by atoms with van der Waals surface area (Å²) in [6.07, 6.45) is 5.13. The highest BCUT2D eigenvalue weighted by atomic mass is 32.2. The number of guanidine groups is 1. The van der Waals surface area contributed by atoms with E-state index in [9.17, 15) is 0 Å². The molecule has 0 bridgehead atoms. The number of thioether (sulfide) groups is 1. The lowest BCUT2D eigenvalue weighted by atomic mass is 10.3. The number of rotatable bonds is 5. The van der Waals surface area contributed by atoms with Crippen LogP contribution in [-0.2, 0) is 0 Å². The van der Waals surface area contributed by atoms with Crippen LogP contribution in [0.5, 0.6) is 0 Å². The van der Waals surface area contributed by atoms with Gasteiger partial charge in [-0.3, -0.25) is 4.99 Å². The first kappa shape index (κ1) is 12.5. The smallest absolute Gasteiger partial charge is 0.193 e. The maximum atomic E-state index is 5.71. The highest BCUT2D eigenvalue weighted by molar-refractivity contribution is 7.99. The fourth-order valence-corrected chi connectivity index (χ4v) is 1.55. The summed E-state index contributed by atoms with van der Waals surface area (Å²) in [7, 11) is 0.